The fraction of sp³-hybridized carbons (Fsp3) is 0.824. The molecular formula is C17H31ILiNO4. The number of esters is 1. The molecule has 136 valence electrons. The number of rotatable bonds is 3. The van der Waals surface area contributed by atoms with E-state index in [1.165, 1.54) is 13.5 Å². The topological polar surface area (TPSA) is 55.8 Å². The SMILES string of the molecule is COC(=O)C1(CI)CCN(C(=O)OC(C)(C)C)CC1.[CH2-]CCC.[Li+]. The molecule has 0 unspecified atom stereocenters. The molecule has 7 heteroatoms. The van der Waals surface area contributed by atoms with Gasteiger partial charge in [-0.05, 0) is 33.6 Å². The van der Waals surface area contributed by atoms with Crippen molar-refractivity contribution in [3.8, 4) is 0 Å². The van der Waals surface area contributed by atoms with Gasteiger partial charge in [0.05, 0.1) is 12.5 Å². The fourth-order valence-electron chi connectivity index (χ4n) is 2.05. The van der Waals surface area contributed by atoms with Crippen molar-refractivity contribution >= 4 is 34.7 Å². The van der Waals surface area contributed by atoms with E-state index in [0.717, 1.165) is 6.42 Å². The molecule has 1 fully saturated rings. The van der Waals surface area contributed by atoms with Gasteiger partial charge in [0.25, 0.3) is 0 Å². The van der Waals surface area contributed by atoms with Gasteiger partial charge in [-0.25, -0.2) is 4.79 Å². The molecule has 0 bridgehead atoms. The van der Waals surface area contributed by atoms with Crippen LogP contribution in [0.25, 0.3) is 0 Å². The summed E-state index contributed by atoms with van der Waals surface area (Å²) in [5.41, 5.74) is -0.939. The molecule has 0 radical (unpaired) electrons. The maximum Gasteiger partial charge on any atom is 1.00 e. The van der Waals surface area contributed by atoms with Gasteiger partial charge in [-0.1, -0.05) is 35.9 Å². The normalized spacial score (nSPS) is 16.2. The van der Waals surface area contributed by atoms with E-state index >= 15 is 0 Å². The third kappa shape index (κ3) is 8.96. The molecule has 5 nitrogen and oxygen atoms in total. The number of hydrogen-bond acceptors (Lipinski definition) is 4. The smallest absolute Gasteiger partial charge is 0.469 e. The van der Waals surface area contributed by atoms with Gasteiger partial charge >= 0.3 is 30.9 Å². The van der Waals surface area contributed by atoms with Crippen molar-refractivity contribution < 1.29 is 37.9 Å². The van der Waals surface area contributed by atoms with E-state index in [9.17, 15) is 9.59 Å². The van der Waals surface area contributed by atoms with E-state index in [4.69, 9.17) is 9.47 Å². The largest absolute Gasteiger partial charge is 1.00 e. The van der Waals surface area contributed by atoms with Crippen molar-refractivity contribution in [2.75, 3.05) is 24.6 Å². The monoisotopic (exact) mass is 447 g/mol. The van der Waals surface area contributed by atoms with Crippen LogP contribution in [0.4, 0.5) is 4.79 Å². The Hall–Kier alpha value is 0.0674. The fourth-order valence-corrected chi connectivity index (χ4v) is 3.13. The van der Waals surface area contributed by atoms with Crippen LogP contribution in [0, 0.1) is 12.3 Å². The van der Waals surface area contributed by atoms with Gasteiger partial charge in [0, 0.05) is 17.5 Å². The molecule has 0 N–H and O–H groups in total. The van der Waals surface area contributed by atoms with E-state index in [2.05, 4.69) is 36.4 Å². The van der Waals surface area contributed by atoms with Gasteiger partial charge in [-0.15, -0.1) is 0 Å². The Morgan fingerprint density at radius 2 is 1.71 bits per heavy atom. The van der Waals surface area contributed by atoms with E-state index in [-0.39, 0.29) is 30.9 Å². The number of likely N-dealkylation sites (tertiary alicyclic amines) is 1. The Bertz CT molecular complexity index is 375. The second-order valence-electron chi connectivity index (χ2n) is 6.73. The predicted molar refractivity (Wildman–Crippen MR) is 101 cm³/mol. The van der Waals surface area contributed by atoms with Crippen molar-refractivity contribution in [3.05, 3.63) is 6.92 Å². The minimum absolute atomic E-state index is 0. The van der Waals surface area contributed by atoms with Crippen LogP contribution in [-0.2, 0) is 14.3 Å². The van der Waals surface area contributed by atoms with Gasteiger partial charge in [0.15, 0.2) is 0 Å². The van der Waals surface area contributed by atoms with Crippen LogP contribution in [0.15, 0.2) is 0 Å². The van der Waals surface area contributed by atoms with Crippen molar-refractivity contribution in [1.29, 1.82) is 0 Å². The summed E-state index contributed by atoms with van der Waals surface area (Å²) in [5, 5.41) is 0. The van der Waals surface area contributed by atoms with E-state index < -0.39 is 11.0 Å². The second kappa shape index (κ2) is 12.4. The van der Waals surface area contributed by atoms with Crippen molar-refractivity contribution in [1.82, 2.24) is 4.90 Å². The van der Waals surface area contributed by atoms with E-state index in [0.29, 0.717) is 30.4 Å². The molecule has 0 aromatic rings. The number of methoxy groups -OCH3 is 1. The van der Waals surface area contributed by atoms with E-state index in [1.807, 2.05) is 20.8 Å². The van der Waals surface area contributed by atoms with Crippen LogP contribution < -0.4 is 18.9 Å². The van der Waals surface area contributed by atoms with Crippen molar-refractivity contribution in [2.45, 2.75) is 59.0 Å². The average Bonchev–Trinajstić information content (AvgIpc) is 2.52. The molecule has 0 aliphatic carbocycles. The summed E-state index contributed by atoms with van der Waals surface area (Å²) >= 11 is 2.21. The molecule has 0 atom stereocenters. The summed E-state index contributed by atoms with van der Waals surface area (Å²) in [5.74, 6) is -0.175. The maximum absolute atomic E-state index is 11.9. The Morgan fingerprint density at radius 3 is 2.00 bits per heavy atom. The average molecular weight is 447 g/mol. The zero-order valence-electron chi connectivity index (χ0n) is 16.1. The van der Waals surface area contributed by atoms with Gasteiger partial charge in [0.1, 0.15) is 5.60 Å². The van der Waals surface area contributed by atoms with Crippen LogP contribution in [-0.4, -0.2) is 47.2 Å². The van der Waals surface area contributed by atoms with Crippen LogP contribution in [0.5, 0.6) is 0 Å². The third-order valence-electron chi connectivity index (χ3n) is 3.60. The number of nitrogens with zero attached hydrogens (tertiary/aromatic N) is 1. The quantitative estimate of drug-likeness (QED) is 0.215. The summed E-state index contributed by atoms with van der Waals surface area (Å²) in [6, 6.07) is 0. The molecule has 1 aliphatic heterocycles. The zero-order chi connectivity index (χ0) is 18.1. The summed E-state index contributed by atoms with van der Waals surface area (Å²) in [6.45, 7) is 12.3. The first-order valence-corrected chi connectivity index (χ1v) is 9.60. The minimum atomic E-state index is -0.489. The molecule has 1 saturated heterocycles. The molecule has 1 rings (SSSR count). The van der Waals surface area contributed by atoms with E-state index in [1.54, 1.807) is 4.90 Å². The molecule has 0 aromatic carbocycles. The number of hydrogen-bond donors (Lipinski definition) is 0. The molecule has 1 amide bonds. The number of unbranched alkanes of at least 4 members (excludes halogenated alkanes) is 1. The Balaban J connectivity index is 0. The van der Waals surface area contributed by atoms with Gasteiger partial charge in [0.2, 0.25) is 0 Å². The number of alkyl halides is 1. The molecule has 0 aromatic heterocycles. The third-order valence-corrected chi connectivity index (χ3v) is 5.06. The first kappa shape index (κ1) is 26.3. The first-order valence-electron chi connectivity index (χ1n) is 8.07. The maximum atomic E-state index is 11.9. The van der Waals surface area contributed by atoms with Gasteiger partial charge < -0.3 is 21.3 Å². The van der Waals surface area contributed by atoms with Crippen LogP contribution in [0.3, 0.4) is 0 Å². The zero-order valence-corrected chi connectivity index (χ0v) is 18.3. The van der Waals surface area contributed by atoms with Crippen molar-refractivity contribution in [3.63, 3.8) is 0 Å². The second-order valence-corrected chi connectivity index (χ2v) is 7.49. The standard InChI is InChI=1S/C13H22INO4.C4H9.Li/c1-12(2,3)19-11(17)15-7-5-13(9-14,6-8-15)10(16)18-4;1-3-4-2;/h5-9H2,1-4H3;1,3-4H2,2H3;/q;-1;+1. The summed E-state index contributed by atoms with van der Waals surface area (Å²) in [6.07, 6.45) is 3.23. The molecule has 1 heterocycles. The number of piperidine rings is 1. The Labute approximate surface area is 172 Å². The number of carbonyl (C=O) groups excluding carboxylic acids is 2. The Morgan fingerprint density at radius 1 is 1.25 bits per heavy atom. The molecule has 24 heavy (non-hydrogen) atoms. The van der Waals surface area contributed by atoms with Crippen LogP contribution in [0.2, 0.25) is 0 Å². The van der Waals surface area contributed by atoms with Gasteiger partial charge in [-0.3, -0.25) is 4.79 Å². The minimum Gasteiger partial charge on any atom is -0.469 e. The van der Waals surface area contributed by atoms with Crippen LogP contribution >= 0.6 is 22.6 Å². The molecule has 0 spiro atoms. The number of amides is 1. The van der Waals surface area contributed by atoms with Gasteiger partial charge in [-0.2, -0.15) is 6.42 Å². The first-order chi connectivity index (χ1) is 10.7. The number of halogens is 1. The summed E-state index contributed by atoms with van der Waals surface area (Å²) < 4.78 is 10.9. The number of carbonyl (C=O) groups is 2. The Kier molecular flexibility index (Phi) is 13.6. The molecule has 0 saturated carbocycles. The predicted octanol–water partition coefficient (Wildman–Crippen LogP) is 1.24. The van der Waals surface area contributed by atoms with Crippen molar-refractivity contribution in [2.24, 2.45) is 5.41 Å². The van der Waals surface area contributed by atoms with Crippen LogP contribution in [0.1, 0.15) is 53.4 Å². The summed E-state index contributed by atoms with van der Waals surface area (Å²) in [7, 11) is 1.41. The summed E-state index contributed by atoms with van der Waals surface area (Å²) in [4.78, 5) is 25.5. The molecule has 1 aliphatic rings. The molecular weight excluding hydrogens is 416 g/mol. The number of ether oxygens (including phenoxy) is 2.